The van der Waals surface area contributed by atoms with Gasteiger partial charge in [-0.3, -0.25) is 0 Å². The molecule has 3 aromatic rings. The molecule has 0 spiro atoms. The van der Waals surface area contributed by atoms with Crippen LogP contribution in [0.4, 0.5) is 28.4 Å². The van der Waals surface area contributed by atoms with Gasteiger partial charge >= 0.3 is 0 Å². The minimum absolute atomic E-state index is 0.00908. The summed E-state index contributed by atoms with van der Waals surface area (Å²) in [7, 11) is 0. The van der Waals surface area contributed by atoms with Crippen LogP contribution in [0, 0.1) is 0 Å². The van der Waals surface area contributed by atoms with Crippen LogP contribution in [0.2, 0.25) is 0 Å². The Balaban J connectivity index is 1.78. The van der Waals surface area contributed by atoms with E-state index in [4.69, 9.17) is 5.11 Å². The third-order valence-electron chi connectivity index (χ3n) is 4.71. The molecule has 8 nitrogen and oxygen atoms in total. The van der Waals surface area contributed by atoms with Gasteiger partial charge < -0.3 is 20.2 Å². The number of benzene rings is 3. The van der Waals surface area contributed by atoms with E-state index in [9.17, 15) is 10.2 Å². The first-order chi connectivity index (χ1) is 15.0. The maximum atomic E-state index is 10.3. The molecule has 0 unspecified atom stereocenters. The van der Waals surface area contributed by atoms with Gasteiger partial charge in [-0.2, -0.15) is 10.2 Å². The Bertz CT molecular complexity index is 1080. The first kappa shape index (κ1) is 21.9. The number of aliphatic hydroxyl groups is 1. The van der Waals surface area contributed by atoms with Crippen molar-refractivity contribution in [3.63, 3.8) is 0 Å². The number of aliphatic hydroxyl groups excluding tert-OH is 1. The number of phenols is 2. The molecule has 0 aliphatic heterocycles. The zero-order chi connectivity index (χ0) is 22.2. The molecular weight excluding hydrogens is 394 g/mol. The molecule has 3 rings (SSSR count). The average Bonchev–Trinajstić information content (AvgIpc) is 2.79. The van der Waals surface area contributed by atoms with Crippen LogP contribution in [0.1, 0.15) is 19.4 Å². The molecule has 160 valence electrons. The standard InChI is InChI=1S/C23H25N5O3/c1-3-28(4-2)19-10-11-20(23(31)14-19)26-27-21-13-18(9-12-22(21)30)25-24-17-7-5-16(15-29)6-8-17/h5-14,29-31H,3-4,15H2,1-2H3. The van der Waals surface area contributed by atoms with Crippen LogP contribution in [0.15, 0.2) is 81.1 Å². The second-order valence-electron chi connectivity index (χ2n) is 6.74. The Labute approximate surface area is 180 Å². The van der Waals surface area contributed by atoms with Gasteiger partial charge in [0.15, 0.2) is 0 Å². The molecule has 0 aliphatic rings. The molecule has 0 fully saturated rings. The van der Waals surface area contributed by atoms with Crippen molar-refractivity contribution in [2.75, 3.05) is 18.0 Å². The van der Waals surface area contributed by atoms with Crippen molar-refractivity contribution in [2.45, 2.75) is 20.5 Å². The molecule has 0 radical (unpaired) electrons. The Morgan fingerprint density at radius 1 is 0.677 bits per heavy atom. The summed E-state index contributed by atoms with van der Waals surface area (Å²) in [6.07, 6.45) is 0. The number of hydrogen-bond donors (Lipinski definition) is 3. The van der Waals surface area contributed by atoms with Gasteiger partial charge in [0.25, 0.3) is 0 Å². The molecule has 0 atom stereocenters. The highest BCUT2D eigenvalue weighted by molar-refractivity contribution is 5.62. The van der Waals surface area contributed by atoms with E-state index in [1.54, 1.807) is 48.5 Å². The third-order valence-corrected chi connectivity index (χ3v) is 4.71. The smallest absolute Gasteiger partial charge is 0.145 e. The van der Waals surface area contributed by atoms with Crippen LogP contribution in [0.3, 0.4) is 0 Å². The van der Waals surface area contributed by atoms with Crippen molar-refractivity contribution in [1.82, 2.24) is 0 Å². The predicted octanol–water partition coefficient (Wildman–Crippen LogP) is 6.27. The molecule has 0 saturated heterocycles. The minimum Gasteiger partial charge on any atom is -0.506 e. The second kappa shape index (κ2) is 10.3. The molecule has 0 saturated carbocycles. The molecular formula is C23H25N5O3. The fraction of sp³-hybridized carbons (Fsp3) is 0.217. The van der Waals surface area contributed by atoms with Crippen molar-refractivity contribution in [3.05, 3.63) is 66.2 Å². The number of anilines is 1. The maximum Gasteiger partial charge on any atom is 0.145 e. The molecule has 0 aromatic heterocycles. The van der Waals surface area contributed by atoms with Crippen LogP contribution < -0.4 is 4.90 Å². The summed E-state index contributed by atoms with van der Waals surface area (Å²) >= 11 is 0. The van der Waals surface area contributed by atoms with Crippen LogP contribution in [0.25, 0.3) is 0 Å². The Hall–Kier alpha value is -3.78. The van der Waals surface area contributed by atoms with E-state index in [1.807, 2.05) is 19.9 Å². The van der Waals surface area contributed by atoms with Gasteiger partial charge in [-0.05, 0) is 61.9 Å². The number of azo groups is 2. The lowest BCUT2D eigenvalue weighted by Gasteiger charge is -2.21. The molecule has 0 amide bonds. The van der Waals surface area contributed by atoms with Crippen molar-refractivity contribution in [3.8, 4) is 11.5 Å². The molecule has 31 heavy (non-hydrogen) atoms. The number of nitrogens with zero attached hydrogens (tertiary/aromatic N) is 5. The largest absolute Gasteiger partial charge is 0.506 e. The number of phenolic OH excluding ortho intramolecular Hbond substituents is 2. The second-order valence-corrected chi connectivity index (χ2v) is 6.74. The highest BCUT2D eigenvalue weighted by Crippen LogP contribution is 2.36. The highest BCUT2D eigenvalue weighted by atomic mass is 16.3. The lowest BCUT2D eigenvalue weighted by Crippen LogP contribution is -2.21. The molecule has 3 N–H and O–H groups in total. The first-order valence-electron chi connectivity index (χ1n) is 9.98. The van der Waals surface area contributed by atoms with Gasteiger partial charge in [-0.15, -0.1) is 10.2 Å². The molecule has 0 heterocycles. The number of rotatable bonds is 8. The van der Waals surface area contributed by atoms with Gasteiger partial charge in [0.1, 0.15) is 22.9 Å². The van der Waals surface area contributed by atoms with Gasteiger partial charge in [0, 0.05) is 24.8 Å². The Kier molecular flexibility index (Phi) is 7.29. The van der Waals surface area contributed by atoms with Gasteiger partial charge in [0.2, 0.25) is 0 Å². The summed E-state index contributed by atoms with van der Waals surface area (Å²) in [5.74, 6) is -0.0518. The van der Waals surface area contributed by atoms with Gasteiger partial charge in [-0.25, -0.2) is 0 Å². The number of hydrogen-bond acceptors (Lipinski definition) is 8. The van der Waals surface area contributed by atoms with E-state index < -0.39 is 0 Å². The van der Waals surface area contributed by atoms with Gasteiger partial charge in [0.05, 0.1) is 18.0 Å². The summed E-state index contributed by atoms with van der Waals surface area (Å²) in [4.78, 5) is 2.11. The quantitative estimate of drug-likeness (QED) is 0.373. The van der Waals surface area contributed by atoms with E-state index in [-0.39, 0.29) is 23.8 Å². The zero-order valence-corrected chi connectivity index (χ0v) is 17.5. The lowest BCUT2D eigenvalue weighted by atomic mass is 10.2. The van der Waals surface area contributed by atoms with E-state index in [2.05, 4.69) is 25.4 Å². The van der Waals surface area contributed by atoms with E-state index >= 15 is 0 Å². The minimum atomic E-state index is -0.0609. The summed E-state index contributed by atoms with van der Waals surface area (Å²) in [6, 6.07) is 16.8. The maximum absolute atomic E-state index is 10.3. The topological polar surface area (TPSA) is 113 Å². The zero-order valence-electron chi connectivity index (χ0n) is 17.5. The summed E-state index contributed by atoms with van der Waals surface area (Å²) in [5, 5.41) is 45.9. The predicted molar refractivity (Wildman–Crippen MR) is 120 cm³/mol. The lowest BCUT2D eigenvalue weighted by molar-refractivity contribution is 0.282. The van der Waals surface area contributed by atoms with Crippen LogP contribution in [-0.4, -0.2) is 28.4 Å². The summed E-state index contributed by atoms with van der Waals surface area (Å²) < 4.78 is 0. The fourth-order valence-corrected chi connectivity index (χ4v) is 2.93. The van der Waals surface area contributed by atoms with Crippen LogP contribution >= 0.6 is 0 Å². The van der Waals surface area contributed by atoms with Crippen LogP contribution in [0.5, 0.6) is 11.5 Å². The Morgan fingerprint density at radius 3 is 1.97 bits per heavy atom. The molecule has 3 aromatic carbocycles. The fourth-order valence-electron chi connectivity index (χ4n) is 2.93. The average molecular weight is 419 g/mol. The monoisotopic (exact) mass is 419 g/mol. The summed E-state index contributed by atoms with van der Waals surface area (Å²) in [5.41, 5.74) is 3.31. The molecule has 0 bridgehead atoms. The van der Waals surface area contributed by atoms with Gasteiger partial charge in [-0.1, -0.05) is 12.1 Å². The van der Waals surface area contributed by atoms with Crippen LogP contribution in [-0.2, 0) is 6.61 Å². The van der Waals surface area contributed by atoms with Crippen molar-refractivity contribution in [2.24, 2.45) is 20.5 Å². The first-order valence-corrected chi connectivity index (χ1v) is 9.98. The number of aromatic hydroxyl groups is 2. The molecule has 8 heteroatoms. The van der Waals surface area contributed by atoms with E-state index in [0.717, 1.165) is 24.3 Å². The molecule has 0 aliphatic carbocycles. The summed E-state index contributed by atoms with van der Waals surface area (Å²) in [6.45, 7) is 5.73. The van der Waals surface area contributed by atoms with E-state index in [1.165, 1.54) is 6.07 Å². The SMILES string of the molecule is CCN(CC)c1ccc(N=Nc2cc(N=Nc3ccc(CO)cc3)ccc2O)c(O)c1. The normalized spacial score (nSPS) is 11.5. The van der Waals surface area contributed by atoms with Crippen molar-refractivity contribution >= 4 is 28.4 Å². The van der Waals surface area contributed by atoms with Crippen molar-refractivity contribution in [1.29, 1.82) is 0 Å². The Morgan fingerprint density at radius 2 is 1.32 bits per heavy atom. The van der Waals surface area contributed by atoms with Crippen molar-refractivity contribution < 1.29 is 15.3 Å². The third kappa shape index (κ3) is 5.64. The highest BCUT2D eigenvalue weighted by Gasteiger charge is 2.07. The van der Waals surface area contributed by atoms with E-state index in [0.29, 0.717) is 17.1 Å².